The van der Waals surface area contributed by atoms with E-state index in [0.29, 0.717) is 27.5 Å². The number of hydrogen-bond donors (Lipinski definition) is 0. The number of ketones is 1. The second-order valence-electron chi connectivity index (χ2n) is 7.47. The molecule has 3 atom stereocenters. The molecule has 5 nitrogen and oxygen atoms in total. The van der Waals surface area contributed by atoms with Crippen molar-refractivity contribution in [2.24, 2.45) is 5.92 Å². The number of rotatable bonds is 6. The fourth-order valence-corrected chi connectivity index (χ4v) is 4.30. The molecule has 0 aromatic heterocycles. The maximum absolute atomic E-state index is 13.9. The molecule has 0 unspecified atom stereocenters. The number of halogens is 1. The summed E-state index contributed by atoms with van der Waals surface area (Å²) in [6, 6.07) is 22.7. The van der Waals surface area contributed by atoms with Crippen LogP contribution in [0.2, 0.25) is 5.02 Å². The topological polar surface area (TPSA) is 69.7 Å². The van der Waals surface area contributed by atoms with Crippen LogP contribution in [0.3, 0.4) is 0 Å². The van der Waals surface area contributed by atoms with E-state index in [1.807, 2.05) is 30.3 Å². The number of ether oxygens (including phenoxy) is 2. The van der Waals surface area contributed by atoms with E-state index in [2.05, 4.69) is 0 Å². The normalized spacial score (nSPS) is 18.2. The summed E-state index contributed by atoms with van der Waals surface area (Å²) < 4.78 is 10.7. The lowest BCUT2D eigenvalue weighted by atomic mass is 9.69. The molecule has 4 rings (SSSR count). The first-order valence-corrected chi connectivity index (χ1v) is 10.7. The summed E-state index contributed by atoms with van der Waals surface area (Å²) in [4.78, 5) is 39.7. The van der Waals surface area contributed by atoms with Crippen molar-refractivity contribution in [2.75, 3.05) is 6.61 Å². The van der Waals surface area contributed by atoms with Crippen LogP contribution in [0, 0.1) is 5.92 Å². The molecule has 3 aromatic carbocycles. The smallest absolute Gasteiger partial charge is 0.326 e. The maximum Gasteiger partial charge on any atom is 0.326 e. The number of para-hydroxylation sites is 1. The predicted octanol–water partition coefficient (Wildman–Crippen LogP) is 5.19. The molecule has 6 heteroatoms. The summed E-state index contributed by atoms with van der Waals surface area (Å²) in [6.45, 7) is 1.78. The lowest BCUT2D eigenvalue weighted by molar-refractivity contribution is -0.159. The van der Waals surface area contributed by atoms with Gasteiger partial charge in [-0.15, -0.1) is 0 Å². The monoisotopic (exact) mass is 448 g/mol. The maximum atomic E-state index is 13.9. The van der Waals surface area contributed by atoms with Crippen molar-refractivity contribution in [3.05, 3.63) is 101 Å². The van der Waals surface area contributed by atoms with Gasteiger partial charge in [-0.1, -0.05) is 60.1 Å². The SMILES string of the molecule is CCOC(=O)[C@H]1C(=O)Oc2ccccc2[C@@H]1[C@H](C(=O)c1ccc(Cl)cc1)c1ccccc1. The van der Waals surface area contributed by atoms with E-state index < -0.39 is 29.7 Å². The van der Waals surface area contributed by atoms with E-state index in [0.717, 1.165) is 0 Å². The Morgan fingerprint density at radius 1 is 0.969 bits per heavy atom. The molecule has 0 saturated heterocycles. The van der Waals surface area contributed by atoms with E-state index in [-0.39, 0.29) is 12.4 Å². The first kappa shape index (κ1) is 21.8. The third kappa shape index (κ3) is 4.16. The minimum absolute atomic E-state index is 0.109. The van der Waals surface area contributed by atoms with Gasteiger partial charge in [-0.25, -0.2) is 0 Å². The Kier molecular flexibility index (Phi) is 6.37. The average molecular weight is 449 g/mol. The summed E-state index contributed by atoms with van der Waals surface area (Å²) in [5, 5.41) is 0.508. The molecule has 1 heterocycles. The zero-order valence-electron chi connectivity index (χ0n) is 17.4. The van der Waals surface area contributed by atoms with Gasteiger partial charge in [0.1, 0.15) is 5.75 Å². The summed E-state index contributed by atoms with van der Waals surface area (Å²) in [6.07, 6.45) is 0. The average Bonchev–Trinajstić information content (AvgIpc) is 2.80. The van der Waals surface area contributed by atoms with E-state index in [1.165, 1.54) is 0 Å². The highest BCUT2D eigenvalue weighted by Crippen LogP contribution is 2.47. The van der Waals surface area contributed by atoms with Gasteiger partial charge in [0.15, 0.2) is 11.7 Å². The summed E-state index contributed by atoms with van der Waals surface area (Å²) in [5.74, 6) is -4.20. The molecule has 162 valence electrons. The molecule has 0 N–H and O–H groups in total. The molecule has 1 aliphatic rings. The second-order valence-corrected chi connectivity index (χ2v) is 7.91. The van der Waals surface area contributed by atoms with E-state index in [9.17, 15) is 14.4 Å². The van der Waals surface area contributed by atoms with Gasteiger partial charge < -0.3 is 9.47 Å². The van der Waals surface area contributed by atoms with Crippen molar-refractivity contribution in [3.63, 3.8) is 0 Å². The zero-order valence-corrected chi connectivity index (χ0v) is 18.1. The standard InChI is InChI=1S/C26H21ClO5/c1-2-31-25(29)23-22(19-10-6-7-11-20(19)32-26(23)30)21(16-8-4-3-5-9-16)24(28)17-12-14-18(27)15-13-17/h3-15,21-23H,2H2,1H3/t21-,22-,23+/m1/s1. The predicted molar refractivity (Wildman–Crippen MR) is 120 cm³/mol. The van der Waals surface area contributed by atoms with Crippen LogP contribution in [0.4, 0.5) is 0 Å². The Balaban J connectivity index is 1.92. The van der Waals surface area contributed by atoms with Crippen molar-refractivity contribution >= 4 is 29.3 Å². The lowest BCUT2D eigenvalue weighted by Crippen LogP contribution is -2.42. The summed E-state index contributed by atoms with van der Waals surface area (Å²) in [5.41, 5.74) is 1.74. The minimum atomic E-state index is -1.27. The van der Waals surface area contributed by atoms with E-state index in [4.69, 9.17) is 21.1 Å². The number of Topliss-reactive ketones (excluding diaryl/α,β-unsaturated/α-hetero) is 1. The molecule has 0 saturated carbocycles. The van der Waals surface area contributed by atoms with Crippen molar-refractivity contribution in [1.29, 1.82) is 0 Å². The van der Waals surface area contributed by atoms with Crippen molar-refractivity contribution in [1.82, 2.24) is 0 Å². The van der Waals surface area contributed by atoms with Gasteiger partial charge in [-0.05, 0) is 42.8 Å². The number of carbonyl (C=O) groups is 3. The third-order valence-electron chi connectivity index (χ3n) is 5.57. The van der Waals surface area contributed by atoms with Gasteiger partial charge in [-0.2, -0.15) is 0 Å². The molecule has 0 spiro atoms. The Hall–Kier alpha value is -3.44. The fourth-order valence-electron chi connectivity index (χ4n) is 4.17. The summed E-state index contributed by atoms with van der Waals surface area (Å²) >= 11 is 6.01. The molecule has 0 bridgehead atoms. The van der Waals surface area contributed by atoms with Crippen LogP contribution in [-0.4, -0.2) is 24.3 Å². The minimum Gasteiger partial charge on any atom is -0.465 e. The van der Waals surface area contributed by atoms with Crippen molar-refractivity contribution in [3.8, 4) is 5.75 Å². The highest BCUT2D eigenvalue weighted by Gasteiger charge is 2.49. The van der Waals surface area contributed by atoms with Gasteiger partial charge >= 0.3 is 11.9 Å². The zero-order chi connectivity index (χ0) is 22.7. The van der Waals surface area contributed by atoms with Crippen LogP contribution in [0.25, 0.3) is 0 Å². The number of carbonyl (C=O) groups excluding carboxylic acids is 3. The number of benzene rings is 3. The molecular formula is C26H21ClO5. The van der Waals surface area contributed by atoms with Crippen LogP contribution in [0.5, 0.6) is 5.75 Å². The number of fused-ring (bicyclic) bond motifs is 1. The quantitative estimate of drug-likeness (QED) is 0.225. The Bertz CT molecular complexity index is 1140. The van der Waals surface area contributed by atoms with E-state index >= 15 is 0 Å². The largest absolute Gasteiger partial charge is 0.465 e. The molecule has 32 heavy (non-hydrogen) atoms. The molecule has 0 aliphatic carbocycles. The van der Waals surface area contributed by atoms with Gasteiger partial charge in [-0.3, -0.25) is 14.4 Å². The fraction of sp³-hybridized carbons (Fsp3) is 0.192. The Morgan fingerprint density at radius 2 is 1.62 bits per heavy atom. The van der Waals surface area contributed by atoms with Crippen LogP contribution in [0.1, 0.15) is 40.2 Å². The molecule has 0 radical (unpaired) electrons. The number of hydrogen-bond acceptors (Lipinski definition) is 5. The van der Waals surface area contributed by atoms with Gasteiger partial charge in [0.05, 0.1) is 12.5 Å². The second kappa shape index (κ2) is 9.37. The lowest BCUT2D eigenvalue weighted by Gasteiger charge is -2.35. The van der Waals surface area contributed by atoms with Crippen LogP contribution < -0.4 is 4.74 Å². The molecule has 0 amide bonds. The van der Waals surface area contributed by atoms with Gasteiger partial charge in [0.25, 0.3) is 0 Å². The van der Waals surface area contributed by atoms with Crippen LogP contribution in [-0.2, 0) is 14.3 Å². The Labute approximate surface area is 190 Å². The van der Waals surface area contributed by atoms with Crippen molar-refractivity contribution < 1.29 is 23.9 Å². The highest BCUT2D eigenvalue weighted by molar-refractivity contribution is 6.30. The van der Waals surface area contributed by atoms with Gasteiger partial charge in [0.2, 0.25) is 0 Å². The molecule has 3 aromatic rings. The molecule has 1 aliphatic heterocycles. The number of esters is 2. The Morgan fingerprint density at radius 3 is 2.31 bits per heavy atom. The highest BCUT2D eigenvalue weighted by atomic mass is 35.5. The first-order chi connectivity index (χ1) is 15.5. The molecular weight excluding hydrogens is 428 g/mol. The van der Waals surface area contributed by atoms with E-state index in [1.54, 1.807) is 55.5 Å². The van der Waals surface area contributed by atoms with Crippen LogP contribution >= 0.6 is 11.6 Å². The van der Waals surface area contributed by atoms with Gasteiger partial charge in [0, 0.05) is 22.1 Å². The molecule has 0 fully saturated rings. The van der Waals surface area contributed by atoms with Crippen LogP contribution in [0.15, 0.2) is 78.9 Å². The third-order valence-corrected chi connectivity index (χ3v) is 5.82. The van der Waals surface area contributed by atoms with Crippen molar-refractivity contribution in [2.45, 2.75) is 18.8 Å². The summed E-state index contributed by atoms with van der Waals surface area (Å²) in [7, 11) is 0. The first-order valence-electron chi connectivity index (χ1n) is 10.3.